The Morgan fingerprint density at radius 2 is 1.83 bits per heavy atom. The fourth-order valence-electron chi connectivity index (χ4n) is 0.703. The maximum Gasteiger partial charge on any atom is 1.00 e. The van der Waals surface area contributed by atoms with Gasteiger partial charge in [0.15, 0.2) is 5.79 Å². The van der Waals surface area contributed by atoms with Crippen molar-refractivity contribution in [2.45, 2.75) is 19.6 Å². The molecule has 0 aromatic carbocycles. The molecule has 1 aliphatic heterocycles. The third-order valence-electron chi connectivity index (χ3n) is 1.43. The fourth-order valence-corrected chi connectivity index (χ4v) is 0.703. The first-order chi connectivity index (χ1) is 5.01. The molecule has 1 fully saturated rings. The maximum absolute atomic E-state index is 10.2. The van der Waals surface area contributed by atoms with E-state index in [4.69, 9.17) is 9.47 Å². The van der Waals surface area contributed by atoms with Crippen molar-refractivity contribution in [1.29, 1.82) is 0 Å². The van der Waals surface area contributed by atoms with Crippen LogP contribution < -0.4 is 18.9 Å². The van der Waals surface area contributed by atoms with Crippen LogP contribution in [0.1, 0.15) is 13.8 Å². The molecule has 1 heterocycles. The van der Waals surface area contributed by atoms with Crippen LogP contribution in [0.5, 0.6) is 0 Å². The monoisotopic (exact) mass is 167 g/mol. The summed E-state index contributed by atoms with van der Waals surface area (Å²) in [6.07, 6.45) is 0. The van der Waals surface area contributed by atoms with Crippen LogP contribution in [0.25, 0.3) is 0 Å². The average molecular weight is 167 g/mol. The van der Waals surface area contributed by atoms with Gasteiger partial charge in [-0.2, -0.15) is 0 Å². The second-order valence-electron chi connectivity index (χ2n) is 2.80. The Kier molecular flexibility index (Phi) is 4.07. The van der Waals surface area contributed by atoms with Gasteiger partial charge < -0.3 is 9.47 Å². The Balaban J connectivity index is 0.00000121. The summed E-state index contributed by atoms with van der Waals surface area (Å²) < 4.78 is 10.1. The molecule has 0 aromatic heterocycles. The van der Waals surface area contributed by atoms with Crippen LogP contribution in [0, 0.1) is 16.2 Å². The molecule has 5 nitrogen and oxygen atoms in total. The van der Waals surface area contributed by atoms with Crippen molar-refractivity contribution in [2.75, 3.05) is 13.2 Å². The second kappa shape index (κ2) is 4.15. The quantitative estimate of drug-likeness (QED) is 0.189. The van der Waals surface area contributed by atoms with Crippen LogP contribution in [-0.2, 0) is 9.47 Å². The largest absolute Gasteiger partial charge is 1.00 e. The third-order valence-corrected chi connectivity index (χ3v) is 1.43. The summed E-state index contributed by atoms with van der Waals surface area (Å²) >= 11 is 0. The van der Waals surface area contributed by atoms with Crippen molar-refractivity contribution in [2.24, 2.45) is 0 Å². The molecular formula is C6H10LiNO4. The van der Waals surface area contributed by atoms with Gasteiger partial charge in [0.05, 0.1) is 0 Å². The standard InChI is InChI=1S/C6H10NO4.Li/c1-6(2)10-3-5(4-11-6)7(8)9;/h3-4H2,1-2H3;/q-1;+1. The van der Waals surface area contributed by atoms with E-state index in [9.17, 15) is 10.1 Å². The first kappa shape index (κ1) is 11.8. The van der Waals surface area contributed by atoms with E-state index < -0.39 is 10.7 Å². The molecule has 1 saturated heterocycles. The van der Waals surface area contributed by atoms with Gasteiger partial charge in [-0.15, -0.1) is 4.92 Å². The van der Waals surface area contributed by atoms with E-state index in [0.29, 0.717) is 0 Å². The van der Waals surface area contributed by atoms with Gasteiger partial charge in [0.2, 0.25) is 0 Å². The van der Waals surface area contributed by atoms with Crippen LogP contribution in [0.3, 0.4) is 0 Å². The van der Waals surface area contributed by atoms with Gasteiger partial charge in [-0.05, 0) is 13.8 Å². The summed E-state index contributed by atoms with van der Waals surface area (Å²) in [5.74, 6) is -0.681. The minimum Gasteiger partial charge on any atom is -0.374 e. The molecule has 12 heavy (non-hydrogen) atoms. The van der Waals surface area contributed by atoms with Crippen LogP contribution in [-0.4, -0.2) is 23.9 Å². The molecule has 0 atom stereocenters. The van der Waals surface area contributed by atoms with E-state index in [0.717, 1.165) is 0 Å². The van der Waals surface area contributed by atoms with Crippen LogP contribution in [0.2, 0.25) is 0 Å². The topological polar surface area (TPSA) is 61.6 Å². The zero-order chi connectivity index (χ0) is 8.48. The number of nitro groups is 1. The summed E-state index contributed by atoms with van der Waals surface area (Å²) in [4.78, 5) is 9.71. The van der Waals surface area contributed by atoms with E-state index in [1.165, 1.54) is 0 Å². The van der Waals surface area contributed by atoms with Gasteiger partial charge in [0, 0.05) is 19.3 Å². The molecule has 0 unspecified atom stereocenters. The van der Waals surface area contributed by atoms with Gasteiger partial charge in [0.1, 0.15) is 0 Å². The van der Waals surface area contributed by atoms with Crippen molar-refractivity contribution in [3.05, 3.63) is 16.2 Å². The van der Waals surface area contributed by atoms with Crippen molar-refractivity contribution in [1.82, 2.24) is 0 Å². The van der Waals surface area contributed by atoms with Crippen molar-refractivity contribution >= 4 is 0 Å². The molecule has 6 heteroatoms. The number of hydrogen-bond donors (Lipinski definition) is 0. The van der Waals surface area contributed by atoms with Crippen molar-refractivity contribution in [3.8, 4) is 0 Å². The molecule has 0 saturated carbocycles. The van der Waals surface area contributed by atoms with E-state index in [1.807, 2.05) is 0 Å². The fraction of sp³-hybridized carbons (Fsp3) is 0.833. The summed E-state index contributed by atoms with van der Waals surface area (Å²) in [5, 5.41) is 10.2. The van der Waals surface area contributed by atoms with E-state index in [-0.39, 0.29) is 38.1 Å². The van der Waals surface area contributed by atoms with E-state index in [2.05, 4.69) is 0 Å². The van der Waals surface area contributed by atoms with Gasteiger partial charge in [0.25, 0.3) is 0 Å². The number of nitrogens with zero attached hydrogens (tertiary/aromatic N) is 1. The minimum absolute atomic E-state index is 0. The smallest absolute Gasteiger partial charge is 0.374 e. The number of hydrogen-bond acceptors (Lipinski definition) is 4. The SMILES string of the molecule is CC1(C)OC[C-]([N+](=O)[O-])CO1.[Li+]. The Morgan fingerprint density at radius 1 is 1.42 bits per heavy atom. The summed E-state index contributed by atoms with van der Waals surface area (Å²) in [7, 11) is 0. The average Bonchev–Trinajstić information content (AvgIpc) is 1.86. The van der Waals surface area contributed by atoms with Gasteiger partial charge in [-0.1, -0.05) is 0 Å². The summed E-state index contributed by atoms with van der Waals surface area (Å²) in [6.45, 7) is 3.56. The third kappa shape index (κ3) is 3.03. The Morgan fingerprint density at radius 3 is 2.17 bits per heavy atom. The van der Waals surface area contributed by atoms with Crippen LogP contribution in [0.4, 0.5) is 0 Å². The molecule has 1 rings (SSSR count). The molecule has 0 aromatic rings. The van der Waals surface area contributed by atoms with Crippen molar-refractivity contribution in [3.63, 3.8) is 0 Å². The van der Waals surface area contributed by atoms with Gasteiger partial charge in [-0.3, -0.25) is 10.1 Å². The second-order valence-corrected chi connectivity index (χ2v) is 2.80. The molecule has 64 valence electrons. The first-order valence-electron chi connectivity index (χ1n) is 3.28. The van der Waals surface area contributed by atoms with E-state index >= 15 is 0 Å². The Hall–Kier alpha value is -0.213. The Bertz CT molecular complexity index is 163. The zero-order valence-corrected chi connectivity index (χ0v) is 7.49. The number of rotatable bonds is 1. The molecular weight excluding hydrogens is 157 g/mol. The molecule has 0 spiro atoms. The molecule has 0 N–H and O–H groups in total. The zero-order valence-electron chi connectivity index (χ0n) is 7.49. The molecule has 0 aliphatic carbocycles. The summed E-state index contributed by atoms with van der Waals surface area (Å²) in [5.41, 5.74) is 0. The molecule has 0 amide bonds. The summed E-state index contributed by atoms with van der Waals surface area (Å²) in [6, 6.07) is 0.0734. The first-order valence-corrected chi connectivity index (χ1v) is 3.28. The van der Waals surface area contributed by atoms with Crippen LogP contribution in [0.15, 0.2) is 0 Å². The molecule has 0 radical (unpaired) electrons. The normalized spacial score (nSPS) is 21.3. The van der Waals surface area contributed by atoms with E-state index in [1.54, 1.807) is 13.8 Å². The van der Waals surface area contributed by atoms with Crippen molar-refractivity contribution < 1.29 is 33.3 Å². The number of ether oxygens (including phenoxy) is 2. The predicted octanol–water partition coefficient (Wildman–Crippen LogP) is -2.42. The van der Waals surface area contributed by atoms with Crippen LogP contribution >= 0.6 is 0 Å². The predicted molar refractivity (Wildman–Crippen MR) is 36.2 cm³/mol. The molecule has 1 aliphatic rings. The maximum atomic E-state index is 10.2. The molecule has 0 bridgehead atoms. The van der Waals surface area contributed by atoms with Gasteiger partial charge >= 0.3 is 18.9 Å². The Labute approximate surface area is 82.7 Å². The minimum atomic E-state index is -0.681. The van der Waals surface area contributed by atoms with Gasteiger partial charge in [-0.25, -0.2) is 0 Å².